The van der Waals surface area contributed by atoms with E-state index in [0.29, 0.717) is 49.0 Å². The van der Waals surface area contributed by atoms with Crippen LogP contribution in [-0.4, -0.2) is 67.7 Å². The van der Waals surface area contributed by atoms with E-state index in [0.717, 1.165) is 46.7 Å². The Labute approximate surface area is 259 Å². The van der Waals surface area contributed by atoms with Gasteiger partial charge in [-0.25, -0.2) is 13.9 Å². The second-order valence-corrected chi connectivity index (χ2v) is 11.9. The molecule has 0 radical (unpaired) electrons. The van der Waals surface area contributed by atoms with E-state index in [4.69, 9.17) is 10.1 Å². The van der Waals surface area contributed by atoms with E-state index in [1.54, 1.807) is 29.9 Å². The van der Waals surface area contributed by atoms with Gasteiger partial charge in [0.25, 0.3) is 5.91 Å². The number of halogens is 1. The van der Waals surface area contributed by atoms with E-state index in [1.807, 2.05) is 55.1 Å². The first-order chi connectivity index (χ1) is 21.7. The number of aromatic nitrogens is 5. The number of hydrogen-bond donors (Lipinski definition) is 2. The van der Waals surface area contributed by atoms with Crippen molar-refractivity contribution in [2.45, 2.75) is 39.8 Å². The zero-order valence-corrected chi connectivity index (χ0v) is 25.4. The fourth-order valence-electron chi connectivity index (χ4n) is 6.25. The first-order valence-electron chi connectivity index (χ1n) is 15.1. The molecule has 3 aromatic heterocycles. The van der Waals surface area contributed by atoms with Crippen molar-refractivity contribution >= 4 is 34.7 Å². The Bertz CT molecular complexity index is 1910. The number of aromatic amines is 1. The van der Waals surface area contributed by atoms with Gasteiger partial charge in [-0.3, -0.25) is 14.7 Å². The number of carbonyl (C=O) groups is 2. The van der Waals surface area contributed by atoms with Gasteiger partial charge in [-0.15, -0.1) is 0 Å². The molecule has 12 heteroatoms. The lowest BCUT2D eigenvalue weighted by Crippen LogP contribution is -2.48. The molecule has 5 heterocycles. The van der Waals surface area contributed by atoms with E-state index in [2.05, 4.69) is 25.3 Å². The number of fused-ring (bicyclic) bond motifs is 2. The Balaban J connectivity index is 1.23. The average Bonchev–Trinajstić information content (AvgIpc) is 3.79. The maximum atomic E-state index is 14.0. The smallest absolute Gasteiger partial charge is 0.276 e. The maximum absolute atomic E-state index is 14.0. The van der Waals surface area contributed by atoms with Gasteiger partial charge in [-0.05, 0) is 47.4 Å². The summed E-state index contributed by atoms with van der Waals surface area (Å²) in [6.07, 6.45) is 3.50. The van der Waals surface area contributed by atoms with Crippen molar-refractivity contribution in [3.8, 4) is 11.3 Å². The second-order valence-electron chi connectivity index (χ2n) is 11.9. The third-order valence-corrected chi connectivity index (χ3v) is 8.61. The number of benzene rings is 2. The standard InChI is InChI=1S/C33H34FN9O2/c1-20(2)30-31(33(45)37-26-5-4-6-27(14-26)41-11-9-40(10-12-41)21(3)44)39-43-28(24-16-35-36-17-24)15-29(38-32(30)43)42-18-22-7-8-25(34)13-23(22)19-42/h4-8,13-17,20H,9-12,18-19H2,1-3H3,(H,35,36)(H,37,45). The van der Waals surface area contributed by atoms with E-state index in [-0.39, 0.29) is 23.5 Å². The van der Waals surface area contributed by atoms with E-state index >= 15 is 0 Å². The van der Waals surface area contributed by atoms with Crippen LogP contribution < -0.4 is 15.1 Å². The Morgan fingerprint density at radius 3 is 2.51 bits per heavy atom. The molecule has 45 heavy (non-hydrogen) atoms. The number of amides is 2. The highest BCUT2D eigenvalue weighted by molar-refractivity contribution is 6.05. The molecular formula is C33H34FN9O2. The number of H-pyrrole nitrogens is 1. The number of rotatable bonds is 6. The highest BCUT2D eigenvalue weighted by atomic mass is 19.1. The topological polar surface area (TPSA) is 115 Å². The SMILES string of the molecule is CC(=O)N1CCN(c2cccc(NC(=O)c3nn4c(-c5cn[nH]c5)cc(N5Cc6ccc(F)cc6C5)nc4c3C(C)C)c2)CC1. The summed E-state index contributed by atoms with van der Waals surface area (Å²) in [5.41, 5.74) is 6.78. The minimum absolute atomic E-state index is 0.0584. The monoisotopic (exact) mass is 607 g/mol. The average molecular weight is 608 g/mol. The molecule has 1 saturated heterocycles. The lowest BCUT2D eigenvalue weighted by molar-refractivity contribution is -0.129. The lowest BCUT2D eigenvalue weighted by Gasteiger charge is -2.35. The molecule has 7 rings (SSSR count). The number of anilines is 3. The van der Waals surface area contributed by atoms with Crippen LogP contribution in [0.5, 0.6) is 0 Å². The van der Waals surface area contributed by atoms with Crippen LogP contribution in [0.3, 0.4) is 0 Å². The molecular weight excluding hydrogens is 573 g/mol. The molecule has 2 N–H and O–H groups in total. The number of carbonyl (C=O) groups excluding carboxylic acids is 2. The van der Waals surface area contributed by atoms with Gasteiger partial charge in [0.15, 0.2) is 11.3 Å². The molecule has 230 valence electrons. The van der Waals surface area contributed by atoms with Gasteiger partial charge < -0.3 is 20.0 Å². The molecule has 2 aromatic carbocycles. The third-order valence-electron chi connectivity index (χ3n) is 8.61. The molecule has 0 saturated carbocycles. The van der Waals surface area contributed by atoms with Gasteiger partial charge in [0.1, 0.15) is 11.6 Å². The van der Waals surface area contributed by atoms with E-state index in [9.17, 15) is 14.0 Å². The predicted molar refractivity (Wildman–Crippen MR) is 170 cm³/mol. The highest BCUT2D eigenvalue weighted by Crippen LogP contribution is 2.34. The normalized spacial score (nSPS) is 14.8. The van der Waals surface area contributed by atoms with Crippen molar-refractivity contribution in [3.63, 3.8) is 0 Å². The third kappa shape index (κ3) is 5.36. The van der Waals surface area contributed by atoms with Gasteiger partial charge in [0.05, 0.1) is 11.9 Å². The summed E-state index contributed by atoms with van der Waals surface area (Å²) in [6.45, 7) is 9.55. The zero-order chi connectivity index (χ0) is 31.2. The zero-order valence-electron chi connectivity index (χ0n) is 25.4. The fraction of sp³-hybridized carbons (Fsp3) is 0.303. The first kappa shape index (κ1) is 28.5. The Hall–Kier alpha value is -5.26. The van der Waals surface area contributed by atoms with Crippen LogP contribution in [0, 0.1) is 5.82 Å². The van der Waals surface area contributed by atoms with Crippen LogP contribution >= 0.6 is 0 Å². The molecule has 2 aliphatic heterocycles. The fourth-order valence-corrected chi connectivity index (χ4v) is 6.25. The van der Waals surface area contributed by atoms with Gasteiger partial charge in [-0.2, -0.15) is 10.2 Å². The summed E-state index contributed by atoms with van der Waals surface area (Å²) >= 11 is 0. The first-order valence-corrected chi connectivity index (χ1v) is 15.1. The molecule has 2 amide bonds. The largest absolute Gasteiger partial charge is 0.368 e. The predicted octanol–water partition coefficient (Wildman–Crippen LogP) is 4.82. The number of nitrogens with one attached hydrogen (secondary N) is 2. The lowest BCUT2D eigenvalue weighted by atomic mass is 10.0. The summed E-state index contributed by atoms with van der Waals surface area (Å²) in [7, 11) is 0. The molecule has 0 unspecified atom stereocenters. The van der Waals surface area contributed by atoms with Crippen LogP contribution in [0.1, 0.15) is 53.9 Å². The van der Waals surface area contributed by atoms with Crippen LogP contribution in [-0.2, 0) is 17.9 Å². The number of piperazine rings is 1. The second kappa shape index (κ2) is 11.3. The van der Waals surface area contributed by atoms with E-state index < -0.39 is 0 Å². The van der Waals surface area contributed by atoms with Gasteiger partial charge in [-0.1, -0.05) is 26.0 Å². The molecule has 0 spiro atoms. The Morgan fingerprint density at radius 1 is 0.978 bits per heavy atom. The van der Waals surface area contributed by atoms with E-state index in [1.165, 1.54) is 6.07 Å². The van der Waals surface area contributed by atoms with Crippen molar-refractivity contribution in [2.75, 3.05) is 41.3 Å². The minimum atomic E-state index is -0.327. The summed E-state index contributed by atoms with van der Waals surface area (Å²) in [5.74, 6) is 0.153. The summed E-state index contributed by atoms with van der Waals surface area (Å²) in [5, 5.41) is 14.9. The number of nitrogens with zero attached hydrogens (tertiary/aromatic N) is 7. The summed E-state index contributed by atoms with van der Waals surface area (Å²) in [6, 6.07) is 14.6. The molecule has 11 nitrogen and oxygen atoms in total. The number of hydrogen-bond acceptors (Lipinski definition) is 7. The van der Waals surface area contributed by atoms with Crippen LogP contribution in [0.2, 0.25) is 0 Å². The van der Waals surface area contributed by atoms with Crippen molar-refractivity contribution in [2.24, 2.45) is 0 Å². The Morgan fingerprint density at radius 2 is 1.78 bits per heavy atom. The van der Waals surface area contributed by atoms with Crippen molar-refractivity contribution in [3.05, 3.63) is 89.1 Å². The molecule has 0 bridgehead atoms. The van der Waals surface area contributed by atoms with Crippen LogP contribution in [0.25, 0.3) is 16.9 Å². The summed E-state index contributed by atoms with van der Waals surface area (Å²) in [4.78, 5) is 36.9. The Kier molecular flexibility index (Phi) is 7.19. The molecule has 5 aromatic rings. The van der Waals surface area contributed by atoms with Gasteiger partial charge >= 0.3 is 0 Å². The highest BCUT2D eigenvalue weighted by Gasteiger charge is 2.28. The minimum Gasteiger partial charge on any atom is -0.368 e. The van der Waals surface area contributed by atoms with Crippen molar-refractivity contribution in [1.29, 1.82) is 0 Å². The molecule has 0 aliphatic carbocycles. The molecule has 0 atom stereocenters. The van der Waals surface area contributed by atoms with Crippen molar-refractivity contribution < 1.29 is 14.0 Å². The van der Waals surface area contributed by atoms with Crippen LogP contribution in [0.4, 0.5) is 21.6 Å². The van der Waals surface area contributed by atoms with Gasteiger partial charge in [0, 0.05) is 81.0 Å². The maximum Gasteiger partial charge on any atom is 0.276 e. The quantitative estimate of drug-likeness (QED) is 0.284. The molecule has 1 fully saturated rings. The van der Waals surface area contributed by atoms with Crippen molar-refractivity contribution in [1.82, 2.24) is 29.7 Å². The molecule has 2 aliphatic rings. The van der Waals surface area contributed by atoms with Crippen LogP contribution in [0.15, 0.2) is 60.9 Å². The summed E-state index contributed by atoms with van der Waals surface area (Å²) < 4.78 is 15.7. The van der Waals surface area contributed by atoms with Gasteiger partial charge in [0.2, 0.25) is 5.91 Å².